The average Bonchev–Trinajstić information content (AvgIpc) is 3.10. The summed E-state index contributed by atoms with van der Waals surface area (Å²) >= 11 is 6.21. The summed E-state index contributed by atoms with van der Waals surface area (Å²) in [6.07, 6.45) is 1.83. The van der Waals surface area contributed by atoms with Gasteiger partial charge in [-0.3, -0.25) is 4.79 Å². The lowest BCUT2D eigenvalue weighted by atomic mass is 10.0. The molecule has 126 valence electrons. The molecule has 2 aromatic carbocycles. The second-order valence-electron chi connectivity index (χ2n) is 5.74. The summed E-state index contributed by atoms with van der Waals surface area (Å²) in [5.74, 6) is 1.47. The molecule has 1 atom stereocenters. The molecule has 0 spiro atoms. The first kappa shape index (κ1) is 16.7. The van der Waals surface area contributed by atoms with Crippen molar-refractivity contribution < 1.29 is 14.3 Å². The molecule has 0 aromatic heterocycles. The van der Waals surface area contributed by atoms with Gasteiger partial charge in [-0.2, -0.15) is 0 Å². The van der Waals surface area contributed by atoms with Crippen molar-refractivity contribution in [2.45, 2.75) is 18.9 Å². The Hall–Kier alpha value is -2.20. The van der Waals surface area contributed by atoms with E-state index in [0.717, 1.165) is 29.9 Å². The molecule has 4 nitrogen and oxygen atoms in total. The van der Waals surface area contributed by atoms with Crippen molar-refractivity contribution in [1.82, 2.24) is 4.90 Å². The quantitative estimate of drug-likeness (QED) is 0.827. The molecule has 0 N–H and O–H groups in total. The SMILES string of the molecule is COc1ccc(OC)c(C2CCCN2C(=O)c2ccccc2Cl)c1. The number of benzene rings is 2. The highest BCUT2D eigenvalue weighted by molar-refractivity contribution is 6.33. The van der Waals surface area contributed by atoms with Crippen molar-refractivity contribution in [3.05, 3.63) is 58.6 Å². The highest BCUT2D eigenvalue weighted by Gasteiger charge is 2.33. The molecule has 1 heterocycles. The van der Waals surface area contributed by atoms with Gasteiger partial charge in [-0.1, -0.05) is 23.7 Å². The fraction of sp³-hybridized carbons (Fsp3) is 0.316. The predicted molar refractivity (Wildman–Crippen MR) is 94.0 cm³/mol. The Bertz CT molecular complexity index is 747. The zero-order valence-corrected chi connectivity index (χ0v) is 14.5. The maximum Gasteiger partial charge on any atom is 0.255 e. The fourth-order valence-corrected chi connectivity index (χ4v) is 3.44. The number of halogens is 1. The van der Waals surface area contributed by atoms with E-state index in [0.29, 0.717) is 17.1 Å². The lowest BCUT2D eigenvalue weighted by Crippen LogP contribution is -2.31. The third-order valence-electron chi connectivity index (χ3n) is 4.41. The Morgan fingerprint density at radius 2 is 1.96 bits per heavy atom. The number of hydrogen-bond acceptors (Lipinski definition) is 3. The molecular weight excluding hydrogens is 326 g/mol. The minimum atomic E-state index is -0.0482. The summed E-state index contributed by atoms with van der Waals surface area (Å²) in [4.78, 5) is 14.8. The zero-order valence-electron chi connectivity index (χ0n) is 13.8. The molecule has 0 radical (unpaired) electrons. The maximum absolute atomic E-state index is 13.0. The molecule has 1 amide bonds. The van der Waals surface area contributed by atoms with Crippen LogP contribution in [0.3, 0.4) is 0 Å². The lowest BCUT2D eigenvalue weighted by molar-refractivity contribution is 0.0734. The summed E-state index contributed by atoms with van der Waals surface area (Å²) in [5.41, 5.74) is 1.50. The molecule has 2 aromatic rings. The second kappa shape index (κ2) is 7.14. The molecule has 1 unspecified atom stereocenters. The van der Waals surface area contributed by atoms with E-state index in [-0.39, 0.29) is 11.9 Å². The monoisotopic (exact) mass is 345 g/mol. The van der Waals surface area contributed by atoms with E-state index in [9.17, 15) is 4.79 Å². The van der Waals surface area contributed by atoms with Crippen LogP contribution in [0.5, 0.6) is 11.5 Å². The van der Waals surface area contributed by atoms with Crippen LogP contribution in [-0.2, 0) is 0 Å². The number of ether oxygens (including phenoxy) is 2. The molecular formula is C19H20ClNO3. The van der Waals surface area contributed by atoms with Gasteiger partial charge in [0.05, 0.1) is 30.8 Å². The largest absolute Gasteiger partial charge is 0.497 e. The van der Waals surface area contributed by atoms with Crippen molar-refractivity contribution in [3.8, 4) is 11.5 Å². The van der Waals surface area contributed by atoms with E-state index in [1.807, 2.05) is 35.2 Å². The molecule has 0 aliphatic carbocycles. The molecule has 1 aliphatic heterocycles. The van der Waals surface area contributed by atoms with E-state index >= 15 is 0 Å². The van der Waals surface area contributed by atoms with Crippen molar-refractivity contribution >= 4 is 17.5 Å². The molecule has 24 heavy (non-hydrogen) atoms. The lowest BCUT2D eigenvalue weighted by Gasteiger charge is -2.27. The highest BCUT2D eigenvalue weighted by atomic mass is 35.5. The van der Waals surface area contributed by atoms with Gasteiger partial charge in [-0.05, 0) is 43.2 Å². The summed E-state index contributed by atoms with van der Waals surface area (Å²) in [7, 11) is 3.27. The van der Waals surface area contributed by atoms with Crippen LogP contribution >= 0.6 is 11.6 Å². The molecule has 1 aliphatic rings. The van der Waals surface area contributed by atoms with Crippen molar-refractivity contribution in [2.75, 3.05) is 20.8 Å². The average molecular weight is 346 g/mol. The fourth-order valence-electron chi connectivity index (χ4n) is 3.22. The summed E-state index contributed by atoms with van der Waals surface area (Å²) in [6.45, 7) is 0.703. The highest BCUT2D eigenvalue weighted by Crippen LogP contribution is 2.40. The number of methoxy groups -OCH3 is 2. The minimum absolute atomic E-state index is 0.0428. The Morgan fingerprint density at radius 3 is 2.67 bits per heavy atom. The maximum atomic E-state index is 13.0. The van der Waals surface area contributed by atoms with Crippen molar-refractivity contribution in [3.63, 3.8) is 0 Å². The van der Waals surface area contributed by atoms with Crippen molar-refractivity contribution in [1.29, 1.82) is 0 Å². The van der Waals surface area contributed by atoms with E-state index in [1.54, 1.807) is 26.4 Å². The van der Waals surface area contributed by atoms with Crippen LogP contribution < -0.4 is 9.47 Å². The van der Waals surface area contributed by atoms with Crippen LogP contribution in [0.15, 0.2) is 42.5 Å². The van der Waals surface area contributed by atoms with Gasteiger partial charge in [0.1, 0.15) is 11.5 Å². The van der Waals surface area contributed by atoms with Gasteiger partial charge in [0, 0.05) is 12.1 Å². The molecule has 1 fully saturated rings. The van der Waals surface area contributed by atoms with E-state index in [4.69, 9.17) is 21.1 Å². The number of rotatable bonds is 4. The smallest absolute Gasteiger partial charge is 0.255 e. The third-order valence-corrected chi connectivity index (χ3v) is 4.74. The first-order valence-corrected chi connectivity index (χ1v) is 8.31. The summed E-state index contributed by atoms with van der Waals surface area (Å²) in [6, 6.07) is 12.8. The third kappa shape index (κ3) is 3.06. The van der Waals surface area contributed by atoms with Crippen LogP contribution in [0.2, 0.25) is 5.02 Å². The van der Waals surface area contributed by atoms with Gasteiger partial charge < -0.3 is 14.4 Å². The predicted octanol–water partition coefficient (Wildman–Crippen LogP) is 4.33. The first-order valence-electron chi connectivity index (χ1n) is 7.93. The number of nitrogens with zero attached hydrogens (tertiary/aromatic N) is 1. The molecule has 1 saturated heterocycles. The molecule has 3 rings (SSSR count). The number of carbonyl (C=O) groups excluding carboxylic acids is 1. The standard InChI is InChI=1S/C19H20ClNO3/c1-23-13-9-10-18(24-2)15(12-13)17-8-5-11-21(17)19(22)14-6-3-4-7-16(14)20/h3-4,6-7,9-10,12,17H,5,8,11H2,1-2H3. The van der Waals surface area contributed by atoms with Crippen LogP contribution in [0.4, 0.5) is 0 Å². The van der Waals surface area contributed by atoms with Crippen LogP contribution in [-0.4, -0.2) is 31.6 Å². The molecule has 0 saturated carbocycles. The minimum Gasteiger partial charge on any atom is -0.497 e. The summed E-state index contributed by atoms with van der Waals surface area (Å²) in [5, 5.41) is 0.478. The number of likely N-dealkylation sites (tertiary alicyclic amines) is 1. The Balaban J connectivity index is 1.97. The Labute approximate surface area is 146 Å². The van der Waals surface area contributed by atoms with Gasteiger partial charge in [-0.15, -0.1) is 0 Å². The van der Waals surface area contributed by atoms with Gasteiger partial charge in [0.25, 0.3) is 5.91 Å². The topological polar surface area (TPSA) is 38.8 Å². The van der Waals surface area contributed by atoms with E-state index < -0.39 is 0 Å². The Kier molecular flexibility index (Phi) is 4.95. The first-order chi connectivity index (χ1) is 11.7. The van der Waals surface area contributed by atoms with E-state index in [2.05, 4.69) is 0 Å². The summed E-state index contributed by atoms with van der Waals surface area (Å²) < 4.78 is 10.8. The van der Waals surface area contributed by atoms with Crippen LogP contribution in [0.1, 0.15) is 34.8 Å². The Morgan fingerprint density at radius 1 is 1.17 bits per heavy atom. The van der Waals surface area contributed by atoms with Crippen LogP contribution in [0.25, 0.3) is 0 Å². The van der Waals surface area contributed by atoms with Gasteiger partial charge in [0.2, 0.25) is 0 Å². The van der Waals surface area contributed by atoms with E-state index in [1.165, 1.54) is 0 Å². The van der Waals surface area contributed by atoms with Gasteiger partial charge in [-0.25, -0.2) is 0 Å². The molecule has 5 heteroatoms. The number of carbonyl (C=O) groups is 1. The normalized spacial score (nSPS) is 17.0. The van der Waals surface area contributed by atoms with Crippen LogP contribution in [0, 0.1) is 0 Å². The zero-order chi connectivity index (χ0) is 17.1. The number of hydrogen-bond donors (Lipinski definition) is 0. The number of amides is 1. The molecule has 0 bridgehead atoms. The van der Waals surface area contributed by atoms with Crippen molar-refractivity contribution in [2.24, 2.45) is 0 Å². The van der Waals surface area contributed by atoms with Gasteiger partial charge in [0.15, 0.2) is 0 Å². The second-order valence-corrected chi connectivity index (χ2v) is 6.15. The van der Waals surface area contributed by atoms with Gasteiger partial charge >= 0.3 is 0 Å².